The summed E-state index contributed by atoms with van der Waals surface area (Å²) < 4.78 is 29.8. The third-order valence-electron chi connectivity index (χ3n) is 4.62. The zero-order valence-electron chi connectivity index (χ0n) is 15.8. The van der Waals surface area contributed by atoms with Crippen molar-refractivity contribution in [2.75, 3.05) is 27.4 Å². The molecule has 0 fully saturated rings. The molecule has 6 heteroatoms. The molecule has 3 rings (SSSR count). The fourth-order valence-corrected chi connectivity index (χ4v) is 3.21. The van der Waals surface area contributed by atoms with E-state index in [0.29, 0.717) is 31.9 Å². The first kappa shape index (κ1) is 19.2. The molecule has 1 atom stereocenters. The fourth-order valence-electron chi connectivity index (χ4n) is 3.21. The molecule has 144 valence electrons. The van der Waals surface area contributed by atoms with Gasteiger partial charge in [0.05, 0.1) is 27.4 Å². The van der Waals surface area contributed by atoms with Gasteiger partial charge in [0.1, 0.15) is 5.75 Å². The van der Waals surface area contributed by atoms with Crippen LogP contribution in [0.3, 0.4) is 0 Å². The number of fused-ring (bicyclic) bond motifs is 1. The van der Waals surface area contributed by atoms with E-state index in [9.17, 15) is 9.18 Å². The summed E-state index contributed by atoms with van der Waals surface area (Å²) in [5.74, 6) is 0.482. The zero-order chi connectivity index (χ0) is 19.4. The molecule has 0 unspecified atom stereocenters. The monoisotopic (exact) mass is 373 g/mol. The van der Waals surface area contributed by atoms with Crippen molar-refractivity contribution in [3.8, 4) is 11.5 Å². The maximum absolute atomic E-state index is 13.9. The lowest BCUT2D eigenvalue weighted by Crippen LogP contribution is -2.30. The Morgan fingerprint density at radius 2 is 1.89 bits per heavy atom. The summed E-state index contributed by atoms with van der Waals surface area (Å²) in [6.45, 7) is 4.09. The molecule has 0 spiro atoms. The predicted molar refractivity (Wildman–Crippen MR) is 99.5 cm³/mol. The minimum atomic E-state index is -0.512. The molecule has 5 nitrogen and oxygen atoms in total. The Kier molecular flexibility index (Phi) is 5.96. The second-order valence-corrected chi connectivity index (χ2v) is 6.80. The van der Waals surface area contributed by atoms with Crippen molar-refractivity contribution in [2.45, 2.75) is 20.1 Å². The highest BCUT2D eigenvalue weighted by Crippen LogP contribution is 2.29. The van der Waals surface area contributed by atoms with Gasteiger partial charge in [0.25, 0.3) is 5.91 Å². The lowest BCUT2D eigenvalue weighted by molar-refractivity contribution is 0.0613. The highest BCUT2D eigenvalue weighted by atomic mass is 19.1. The minimum Gasteiger partial charge on any atom is -0.497 e. The Morgan fingerprint density at radius 1 is 1.15 bits per heavy atom. The molecule has 0 bridgehead atoms. The summed E-state index contributed by atoms with van der Waals surface area (Å²) >= 11 is 0. The van der Waals surface area contributed by atoms with Crippen molar-refractivity contribution in [1.29, 1.82) is 0 Å². The zero-order valence-corrected chi connectivity index (χ0v) is 15.8. The number of benzene rings is 2. The van der Waals surface area contributed by atoms with Gasteiger partial charge in [0.2, 0.25) is 0 Å². The molecular weight excluding hydrogens is 349 g/mol. The first-order valence-electron chi connectivity index (χ1n) is 8.88. The number of amides is 1. The fraction of sp³-hybridized carbons (Fsp3) is 0.381. The summed E-state index contributed by atoms with van der Waals surface area (Å²) in [4.78, 5) is 14.2. The van der Waals surface area contributed by atoms with E-state index >= 15 is 0 Å². The molecule has 0 N–H and O–H groups in total. The molecule has 2 aromatic carbocycles. The van der Waals surface area contributed by atoms with Crippen LogP contribution in [0, 0.1) is 11.7 Å². The second kappa shape index (κ2) is 8.39. The first-order valence-corrected chi connectivity index (χ1v) is 8.88. The average molecular weight is 373 g/mol. The molecule has 0 aliphatic carbocycles. The maximum atomic E-state index is 13.9. The average Bonchev–Trinajstić information content (AvgIpc) is 2.96. The van der Waals surface area contributed by atoms with Crippen molar-refractivity contribution in [2.24, 2.45) is 5.92 Å². The number of carbonyl (C=O) groups excluding carboxylic acids is 1. The Labute approximate surface area is 158 Å². The molecule has 2 aromatic rings. The van der Waals surface area contributed by atoms with Crippen LogP contribution in [0.2, 0.25) is 0 Å². The van der Waals surface area contributed by atoms with E-state index in [1.807, 2.05) is 31.2 Å². The number of hydrogen-bond acceptors (Lipinski definition) is 4. The molecule has 1 aliphatic heterocycles. The molecule has 0 aromatic heterocycles. The molecule has 0 saturated carbocycles. The maximum Gasteiger partial charge on any atom is 0.254 e. The van der Waals surface area contributed by atoms with Gasteiger partial charge >= 0.3 is 0 Å². The van der Waals surface area contributed by atoms with E-state index in [1.165, 1.54) is 13.2 Å². The Balaban J connectivity index is 1.50. The highest BCUT2D eigenvalue weighted by molar-refractivity contribution is 5.98. The SMILES string of the molecule is COc1ccc(COC[C@H](C)CN2Cc3cc(OC)c(F)cc3C2=O)cc1. The van der Waals surface area contributed by atoms with Crippen molar-refractivity contribution in [1.82, 2.24) is 4.90 Å². The van der Waals surface area contributed by atoms with Gasteiger partial charge in [-0.15, -0.1) is 0 Å². The first-order chi connectivity index (χ1) is 13.0. The normalized spacial score (nSPS) is 14.2. The minimum absolute atomic E-state index is 0.145. The van der Waals surface area contributed by atoms with Gasteiger partial charge in [-0.1, -0.05) is 19.1 Å². The number of hydrogen-bond donors (Lipinski definition) is 0. The highest BCUT2D eigenvalue weighted by Gasteiger charge is 2.30. The van der Waals surface area contributed by atoms with Crippen LogP contribution in [0.4, 0.5) is 4.39 Å². The smallest absolute Gasteiger partial charge is 0.254 e. The van der Waals surface area contributed by atoms with Gasteiger partial charge in [0, 0.05) is 18.7 Å². The quantitative estimate of drug-likeness (QED) is 0.709. The van der Waals surface area contributed by atoms with E-state index < -0.39 is 5.82 Å². The van der Waals surface area contributed by atoms with Crippen LogP contribution < -0.4 is 9.47 Å². The van der Waals surface area contributed by atoms with E-state index in [0.717, 1.165) is 16.9 Å². The predicted octanol–water partition coefficient (Wildman–Crippen LogP) is 3.65. The Morgan fingerprint density at radius 3 is 2.56 bits per heavy atom. The van der Waals surface area contributed by atoms with E-state index in [-0.39, 0.29) is 17.6 Å². The lowest BCUT2D eigenvalue weighted by atomic mass is 10.1. The number of nitrogens with zero attached hydrogens (tertiary/aromatic N) is 1. The van der Waals surface area contributed by atoms with Gasteiger partial charge in [-0.2, -0.15) is 0 Å². The van der Waals surface area contributed by atoms with E-state index in [4.69, 9.17) is 14.2 Å². The topological polar surface area (TPSA) is 48.0 Å². The van der Waals surface area contributed by atoms with Crippen LogP contribution in [0.15, 0.2) is 36.4 Å². The van der Waals surface area contributed by atoms with Gasteiger partial charge in [-0.3, -0.25) is 4.79 Å². The Hall–Kier alpha value is -2.60. The van der Waals surface area contributed by atoms with Crippen LogP contribution >= 0.6 is 0 Å². The summed E-state index contributed by atoms with van der Waals surface area (Å²) in [7, 11) is 3.05. The van der Waals surface area contributed by atoms with Crippen molar-refractivity contribution in [3.05, 3.63) is 58.9 Å². The number of halogens is 1. The van der Waals surface area contributed by atoms with Gasteiger partial charge in [0.15, 0.2) is 11.6 Å². The summed E-state index contributed by atoms with van der Waals surface area (Å²) in [6, 6.07) is 10.6. The summed E-state index contributed by atoms with van der Waals surface area (Å²) in [6.07, 6.45) is 0. The molecule has 1 aliphatic rings. The van der Waals surface area contributed by atoms with Crippen LogP contribution in [0.1, 0.15) is 28.4 Å². The third kappa shape index (κ3) is 4.39. The standard InChI is InChI=1S/C21H24FNO4/c1-14(12-27-13-15-4-6-17(25-2)7-5-15)10-23-11-16-8-20(26-3)19(22)9-18(16)21(23)24/h4-9,14H,10-13H2,1-3H3/t14-/m1/s1. The summed E-state index contributed by atoms with van der Waals surface area (Å²) in [5, 5.41) is 0. The number of ether oxygens (including phenoxy) is 3. The van der Waals surface area contributed by atoms with Crippen LogP contribution in [0.5, 0.6) is 11.5 Å². The van der Waals surface area contributed by atoms with Crippen molar-refractivity contribution in [3.63, 3.8) is 0 Å². The molecule has 1 amide bonds. The molecule has 27 heavy (non-hydrogen) atoms. The number of methoxy groups -OCH3 is 2. The second-order valence-electron chi connectivity index (χ2n) is 6.80. The van der Waals surface area contributed by atoms with Crippen LogP contribution in [-0.4, -0.2) is 38.2 Å². The van der Waals surface area contributed by atoms with Gasteiger partial charge < -0.3 is 19.1 Å². The molecule has 0 saturated heterocycles. The summed E-state index contributed by atoms with van der Waals surface area (Å²) in [5.41, 5.74) is 2.28. The number of carbonyl (C=O) groups is 1. The van der Waals surface area contributed by atoms with Crippen LogP contribution in [0.25, 0.3) is 0 Å². The Bertz CT molecular complexity index is 807. The lowest BCUT2D eigenvalue weighted by Gasteiger charge is -2.20. The van der Waals surface area contributed by atoms with Crippen molar-refractivity contribution < 1.29 is 23.4 Å². The van der Waals surface area contributed by atoms with E-state index in [1.54, 1.807) is 18.1 Å². The van der Waals surface area contributed by atoms with Gasteiger partial charge in [-0.25, -0.2) is 4.39 Å². The number of rotatable bonds is 8. The van der Waals surface area contributed by atoms with Crippen molar-refractivity contribution >= 4 is 5.91 Å². The molecule has 0 radical (unpaired) electrons. The largest absolute Gasteiger partial charge is 0.497 e. The van der Waals surface area contributed by atoms with Gasteiger partial charge in [-0.05, 0) is 41.3 Å². The van der Waals surface area contributed by atoms with Crippen LogP contribution in [-0.2, 0) is 17.9 Å². The molecular formula is C21H24FNO4. The third-order valence-corrected chi connectivity index (χ3v) is 4.62. The molecule has 1 heterocycles. The van der Waals surface area contributed by atoms with E-state index in [2.05, 4.69) is 0 Å².